The monoisotopic (exact) mass is 343 g/mol. The van der Waals surface area contributed by atoms with Crippen LogP contribution < -0.4 is 9.47 Å². The lowest BCUT2D eigenvalue weighted by molar-refractivity contribution is 0.0618. The first-order chi connectivity index (χ1) is 12.2. The predicted molar refractivity (Wildman–Crippen MR) is 89.9 cm³/mol. The van der Waals surface area contributed by atoms with Gasteiger partial charge < -0.3 is 18.9 Å². The molecule has 2 aliphatic rings. The van der Waals surface area contributed by atoms with E-state index < -0.39 is 0 Å². The van der Waals surface area contributed by atoms with Gasteiger partial charge in [-0.25, -0.2) is 0 Å². The molecule has 1 aromatic carbocycles. The molecule has 1 amide bonds. The number of hydrogen-bond donors (Lipinski definition) is 0. The van der Waals surface area contributed by atoms with Crippen molar-refractivity contribution < 1.29 is 18.8 Å². The van der Waals surface area contributed by atoms with Gasteiger partial charge in [0.25, 0.3) is 5.91 Å². The number of fused-ring (bicyclic) bond motifs is 1. The maximum Gasteiger partial charge on any atom is 0.276 e. The molecule has 0 atom stereocenters. The Morgan fingerprint density at radius 1 is 1.08 bits per heavy atom. The number of aromatic nitrogens is 1. The van der Waals surface area contributed by atoms with Crippen molar-refractivity contribution in [3.8, 4) is 11.5 Å². The summed E-state index contributed by atoms with van der Waals surface area (Å²) < 4.78 is 16.2. The molecular formula is C18H21N3O4. The fourth-order valence-electron chi connectivity index (χ4n) is 3.18. The molecule has 0 bridgehead atoms. The Hall–Kier alpha value is -2.54. The number of piperazine rings is 1. The highest BCUT2D eigenvalue weighted by Gasteiger charge is 2.24. The van der Waals surface area contributed by atoms with Gasteiger partial charge in [-0.05, 0) is 24.6 Å². The number of carbonyl (C=O) groups excluding carboxylic acids is 1. The van der Waals surface area contributed by atoms with Crippen molar-refractivity contribution in [3.05, 3.63) is 41.3 Å². The average Bonchev–Trinajstić information content (AvgIpc) is 3.08. The Kier molecular flexibility index (Phi) is 4.31. The third-order valence-corrected chi connectivity index (χ3v) is 4.52. The number of nitrogens with zero attached hydrogens (tertiary/aromatic N) is 3. The second-order valence-electron chi connectivity index (χ2n) is 6.37. The molecule has 0 saturated carbocycles. The van der Waals surface area contributed by atoms with Crippen molar-refractivity contribution in [2.24, 2.45) is 0 Å². The Labute approximate surface area is 146 Å². The molecule has 1 saturated heterocycles. The van der Waals surface area contributed by atoms with Crippen LogP contribution in [0.2, 0.25) is 0 Å². The predicted octanol–water partition coefficient (Wildman–Crippen LogP) is 1.71. The summed E-state index contributed by atoms with van der Waals surface area (Å²) >= 11 is 0. The second kappa shape index (κ2) is 6.76. The first-order valence-corrected chi connectivity index (χ1v) is 8.52. The molecule has 7 heteroatoms. The van der Waals surface area contributed by atoms with Crippen LogP contribution in [0.1, 0.15) is 21.8 Å². The lowest BCUT2D eigenvalue weighted by atomic mass is 10.1. The summed E-state index contributed by atoms with van der Waals surface area (Å²) in [6, 6.07) is 7.77. The molecule has 4 rings (SSSR count). The number of benzene rings is 1. The van der Waals surface area contributed by atoms with Crippen LogP contribution in [-0.4, -0.2) is 60.3 Å². The number of rotatable bonds is 3. The van der Waals surface area contributed by atoms with E-state index in [9.17, 15) is 4.79 Å². The lowest BCUT2D eigenvalue weighted by Crippen LogP contribution is -2.48. The summed E-state index contributed by atoms with van der Waals surface area (Å²) in [5, 5.41) is 3.81. The van der Waals surface area contributed by atoms with Crippen molar-refractivity contribution >= 4 is 5.91 Å². The Morgan fingerprint density at radius 3 is 2.56 bits per heavy atom. The molecule has 2 aromatic rings. The Balaban J connectivity index is 1.34. The maximum atomic E-state index is 12.4. The molecule has 1 aromatic heterocycles. The van der Waals surface area contributed by atoms with E-state index >= 15 is 0 Å². The smallest absolute Gasteiger partial charge is 0.276 e. The molecule has 1 fully saturated rings. The summed E-state index contributed by atoms with van der Waals surface area (Å²) in [4.78, 5) is 16.6. The number of carbonyl (C=O) groups is 1. The van der Waals surface area contributed by atoms with E-state index in [1.165, 1.54) is 5.56 Å². The lowest BCUT2D eigenvalue weighted by Gasteiger charge is -2.34. The van der Waals surface area contributed by atoms with Gasteiger partial charge in [0.1, 0.15) is 19.0 Å². The van der Waals surface area contributed by atoms with E-state index in [1.807, 2.05) is 17.0 Å². The van der Waals surface area contributed by atoms with E-state index in [0.717, 1.165) is 31.1 Å². The van der Waals surface area contributed by atoms with Crippen molar-refractivity contribution in [1.29, 1.82) is 0 Å². The van der Waals surface area contributed by atoms with E-state index in [4.69, 9.17) is 14.0 Å². The van der Waals surface area contributed by atoms with Gasteiger partial charge in [0.15, 0.2) is 17.2 Å². The largest absolute Gasteiger partial charge is 0.486 e. The zero-order valence-corrected chi connectivity index (χ0v) is 14.2. The normalized spacial score (nSPS) is 17.6. The van der Waals surface area contributed by atoms with Gasteiger partial charge in [-0.2, -0.15) is 0 Å². The molecule has 2 aliphatic heterocycles. The van der Waals surface area contributed by atoms with Crippen LogP contribution in [0.5, 0.6) is 11.5 Å². The maximum absolute atomic E-state index is 12.4. The molecular weight excluding hydrogens is 322 g/mol. The Bertz CT molecular complexity index is 765. The topological polar surface area (TPSA) is 68.0 Å². The van der Waals surface area contributed by atoms with E-state index in [2.05, 4.69) is 16.1 Å². The standard InChI is InChI=1S/C18H21N3O4/c1-13-10-15(19-25-13)18(22)21-6-4-20(5-7-21)12-14-2-3-16-17(11-14)24-9-8-23-16/h2-3,10-11H,4-9,12H2,1H3. The van der Waals surface area contributed by atoms with Gasteiger partial charge in [0.2, 0.25) is 0 Å². The van der Waals surface area contributed by atoms with Crippen molar-refractivity contribution in [2.45, 2.75) is 13.5 Å². The fourth-order valence-corrected chi connectivity index (χ4v) is 3.18. The molecule has 0 spiro atoms. The highest BCUT2D eigenvalue weighted by Crippen LogP contribution is 2.31. The van der Waals surface area contributed by atoms with Crippen molar-refractivity contribution in [3.63, 3.8) is 0 Å². The van der Waals surface area contributed by atoms with Gasteiger partial charge >= 0.3 is 0 Å². The van der Waals surface area contributed by atoms with Crippen LogP contribution >= 0.6 is 0 Å². The number of ether oxygens (including phenoxy) is 2. The van der Waals surface area contributed by atoms with Gasteiger partial charge in [-0.3, -0.25) is 9.69 Å². The summed E-state index contributed by atoms with van der Waals surface area (Å²) in [5.41, 5.74) is 1.58. The molecule has 7 nitrogen and oxygen atoms in total. The zero-order valence-electron chi connectivity index (χ0n) is 14.2. The van der Waals surface area contributed by atoms with Crippen LogP contribution in [0, 0.1) is 6.92 Å². The fraction of sp³-hybridized carbons (Fsp3) is 0.444. The number of aryl methyl sites for hydroxylation is 1. The minimum atomic E-state index is -0.0594. The van der Waals surface area contributed by atoms with E-state index in [-0.39, 0.29) is 5.91 Å². The highest BCUT2D eigenvalue weighted by atomic mass is 16.6. The van der Waals surface area contributed by atoms with E-state index in [0.29, 0.717) is 37.8 Å². The van der Waals surface area contributed by atoms with Crippen LogP contribution in [0.25, 0.3) is 0 Å². The molecule has 132 valence electrons. The summed E-state index contributed by atoms with van der Waals surface area (Å²) in [6.45, 7) is 6.86. The molecule has 0 unspecified atom stereocenters. The SMILES string of the molecule is Cc1cc(C(=O)N2CCN(Cc3ccc4c(c3)OCCO4)CC2)no1. The molecule has 0 N–H and O–H groups in total. The molecule has 25 heavy (non-hydrogen) atoms. The van der Waals surface area contributed by atoms with Crippen LogP contribution in [0.3, 0.4) is 0 Å². The molecule has 0 aliphatic carbocycles. The summed E-state index contributed by atoms with van der Waals surface area (Å²) in [5.74, 6) is 2.23. The molecule has 3 heterocycles. The Morgan fingerprint density at radius 2 is 1.84 bits per heavy atom. The van der Waals surface area contributed by atoms with Crippen LogP contribution in [-0.2, 0) is 6.54 Å². The molecule has 0 radical (unpaired) electrons. The third kappa shape index (κ3) is 3.46. The van der Waals surface area contributed by atoms with Crippen molar-refractivity contribution in [1.82, 2.24) is 15.0 Å². The third-order valence-electron chi connectivity index (χ3n) is 4.52. The minimum absolute atomic E-state index is 0.0594. The van der Waals surface area contributed by atoms with Gasteiger partial charge in [0, 0.05) is 38.8 Å². The summed E-state index contributed by atoms with van der Waals surface area (Å²) in [7, 11) is 0. The zero-order chi connectivity index (χ0) is 17.2. The van der Waals surface area contributed by atoms with Crippen LogP contribution in [0.4, 0.5) is 0 Å². The minimum Gasteiger partial charge on any atom is -0.486 e. The van der Waals surface area contributed by atoms with Gasteiger partial charge in [-0.15, -0.1) is 0 Å². The first-order valence-electron chi connectivity index (χ1n) is 8.52. The first kappa shape index (κ1) is 16.0. The van der Waals surface area contributed by atoms with Crippen molar-refractivity contribution in [2.75, 3.05) is 39.4 Å². The van der Waals surface area contributed by atoms with Gasteiger partial charge in [-0.1, -0.05) is 11.2 Å². The second-order valence-corrected chi connectivity index (χ2v) is 6.37. The van der Waals surface area contributed by atoms with Gasteiger partial charge in [0.05, 0.1) is 0 Å². The number of hydrogen-bond acceptors (Lipinski definition) is 6. The number of amides is 1. The highest BCUT2D eigenvalue weighted by molar-refractivity contribution is 5.92. The van der Waals surface area contributed by atoms with E-state index in [1.54, 1.807) is 13.0 Å². The average molecular weight is 343 g/mol. The van der Waals surface area contributed by atoms with Crippen LogP contribution in [0.15, 0.2) is 28.8 Å². The summed E-state index contributed by atoms with van der Waals surface area (Å²) in [6.07, 6.45) is 0. The quantitative estimate of drug-likeness (QED) is 0.845.